The molecular weight excluding hydrogens is 218 g/mol. The molecule has 0 aliphatic heterocycles. The summed E-state index contributed by atoms with van der Waals surface area (Å²) in [5.74, 6) is 1.26. The van der Waals surface area contributed by atoms with Crippen LogP contribution in [0.1, 0.15) is 40.0 Å². The molecule has 2 unspecified atom stereocenters. The Balaban J connectivity index is 3.70. The lowest BCUT2D eigenvalue weighted by Crippen LogP contribution is -2.35. The first-order chi connectivity index (χ1) is 7.65. The average Bonchev–Trinajstić information content (AvgIpc) is 2.29. The molecule has 0 aromatic heterocycles. The highest BCUT2D eigenvalue weighted by atomic mass is 32.2. The molecule has 2 nitrogen and oxygen atoms in total. The van der Waals surface area contributed by atoms with Gasteiger partial charge in [0.15, 0.2) is 0 Å². The molecule has 0 heterocycles. The number of nitrogens with zero attached hydrogens (tertiary/aromatic N) is 1. The Kier molecular flexibility index (Phi) is 10.2. The summed E-state index contributed by atoms with van der Waals surface area (Å²) in [6.45, 7) is 12.0. The van der Waals surface area contributed by atoms with Crippen LogP contribution in [0.25, 0.3) is 0 Å². The zero-order valence-corrected chi connectivity index (χ0v) is 11.8. The Hall–Kier alpha value is 0.0100. The Morgan fingerprint density at radius 1 is 1.44 bits per heavy atom. The highest BCUT2D eigenvalue weighted by molar-refractivity contribution is 7.99. The lowest BCUT2D eigenvalue weighted by atomic mass is 10.3. The molecule has 3 heteroatoms. The van der Waals surface area contributed by atoms with Gasteiger partial charge in [0.05, 0.1) is 0 Å². The maximum atomic E-state index is 9.65. The first kappa shape index (κ1) is 16.0. The molecule has 0 aliphatic rings. The summed E-state index contributed by atoms with van der Waals surface area (Å²) < 4.78 is 0. The SMILES string of the molecule is C=CC(O)N(CC)CCC(C)SCCCC. The van der Waals surface area contributed by atoms with Crippen LogP contribution in [0.5, 0.6) is 0 Å². The fraction of sp³-hybridized carbons (Fsp3) is 0.846. The molecule has 0 aromatic carbocycles. The van der Waals surface area contributed by atoms with Crippen molar-refractivity contribution in [1.29, 1.82) is 0 Å². The van der Waals surface area contributed by atoms with Crippen molar-refractivity contribution in [2.45, 2.75) is 51.5 Å². The molecule has 0 spiro atoms. The monoisotopic (exact) mass is 245 g/mol. The van der Waals surface area contributed by atoms with Crippen LogP contribution in [0.15, 0.2) is 12.7 Å². The first-order valence-corrected chi connectivity index (χ1v) is 7.36. The van der Waals surface area contributed by atoms with Gasteiger partial charge in [0.1, 0.15) is 6.23 Å². The summed E-state index contributed by atoms with van der Waals surface area (Å²) in [6, 6.07) is 0. The van der Waals surface area contributed by atoms with Crippen LogP contribution >= 0.6 is 11.8 Å². The molecular formula is C13H27NOS. The minimum absolute atomic E-state index is 0.488. The van der Waals surface area contributed by atoms with Gasteiger partial charge < -0.3 is 5.11 Å². The lowest BCUT2D eigenvalue weighted by Gasteiger charge is -2.25. The number of hydrogen-bond acceptors (Lipinski definition) is 3. The minimum Gasteiger partial charge on any atom is -0.375 e. The van der Waals surface area contributed by atoms with Crippen molar-refractivity contribution in [3.05, 3.63) is 12.7 Å². The van der Waals surface area contributed by atoms with Crippen LogP contribution in [0.3, 0.4) is 0 Å². The third-order valence-electron chi connectivity index (χ3n) is 2.71. The van der Waals surface area contributed by atoms with Crippen LogP contribution < -0.4 is 0 Å². The molecule has 1 N–H and O–H groups in total. The van der Waals surface area contributed by atoms with E-state index in [0.29, 0.717) is 5.25 Å². The van der Waals surface area contributed by atoms with Crippen LogP contribution in [-0.2, 0) is 0 Å². The largest absolute Gasteiger partial charge is 0.375 e. The van der Waals surface area contributed by atoms with Crippen molar-refractivity contribution < 1.29 is 5.11 Å². The summed E-state index contributed by atoms with van der Waals surface area (Å²) in [6.07, 6.45) is 4.82. The third kappa shape index (κ3) is 7.31. The normalized spacial score (nSPS) is 15.1. The van der Waals surface area contributed by atoms with Crippen molar-refractivity contribution in [2.24, 2.45) is 0 Å². The number of likely N-dealkylation sites (N-methyl/N-ethyl adjacent to an activating group) is 1. The van der Waals surface area contributed by atoms with Gasteiger partial charge in [0.25, 0.3) is 0 Å². The summed E-state index contributed by atoms with van der Waals surface area (Å²) in [4.78, 5) is 2.05. The fourth-order valence-electron chi connectivity index (χ4n) is 1.49. The van der Waals surface area contributed by atoms with E-state index in [1.807, 2.05) is 16.7 Å². The van der Waals surface area contributed by atoms with E-state index < -0.39 is 6.23 Å². The van der Waals surface area contributed by atoms with Crippen molar-refractivity contribution >= 4 is 11.8 Å². The molecule has 0 radical (unpaired) electrons. The maximum Gasteiger partial charge on any atom is 0.126 e. The van der Waals surface area contributed by atoms with Gasteiger partial charge in [-0.05, 0) is 31.2 Å². The maximum absolute atomic E-state index is 9.65. The smallest absolute Gasteiger partial charge is 0.126 e. The fourth-order valence-corrected chi connectivity index (χ4v) is 2.62. The van der Waals surface area contributed by atoms with Crippen LogP contribution in [0.4, 0.5) is 0 Å². The van der Waals surface area contributed by atoms with Gasteiger partial charge in [-0.2, -0.15) is 11.8 Å². The Bertz CT molecular complexity index is 175. The zero-order chi connectivity index (χ0) is 12.4. The van der Waals surface area contributed by atoms with Gasteiger partial charge >= 0.3 is 0 Å². The number of thioether (sulfide) groups is 1. The average molecular weight is 245 g/mol. The quantitative estimate of drug-likeness (QED) is 0.363. The van der Waals surface area contributed by atoms with E-state index in [0.717, 1.165) is 19.5 Å². The molecule has 96 valence electrons. The van der Waals surface area contributed by atoms with E-state index in [1.54, 1.807) is 6.08 Å². The van der Waals surface area contributed by atoms with Crippen molar-refractivity contribution in [3.63, 3.8) is 0 Å². The minimum atomic E-state index is -0.488. The van der Waals surface area contributed by atoms with E-state index in [1.165, 1.54) is 18.6 Å². The van der Waals surface area contributed by atoms with Gasteiger partial charge in [0, 0.05) is 11.8 Å². The van der Waals surface area contributed by atoms with Crippen LogP contribution in [-0.4, -0.2) is 40.3 Å². The molecule has 0 aliphatic carbocycles. The predicted octanol–water partition coefficient (Wildman–Crippen LogP) is 3.12. The van der Waals surface area contributed by atoms with Crippen LogP contribution in [0.2, 0.25) is 0 Å². The van der Waals surface area contributed by atoms with E-state index in [-0.39, 0.29) is 0 Å². The molecule has 0 bridgehead atoms. The van der Waals surface area contributed by atoms with Crippen molar-refractivity contribution in [1.82, 2.24) is 4.90 Å². The van der Waals surface area contributed by atoms with Gasteiger partial charge in [-0.3, -0.25) is 4.90 Å². The summed E-state index contributed by atoms with van der Waals surface area (Å²) >= 11 is 2.04. The van der Waals surface area contributed by atoms with E-state index in [2.05, 4.69) is 27.4 Å². The predicted molar refractivity (Wildman–Crippen MR) is 74.9 cm³/mol. The molecule has 0 saturated carbocycles. The highest BCUT2D eigenvalue weighted by Crippen LogP contribution is 2.16. The van der Waals surface area contributed by atoms with Gasteiger partial charge in [-0.15, -0.1) is 0 Å². The van der Waals surface area contributed by atoms with E-state index in [9.17, 15) is 5.11 Å². The number of aliphatic hydroxyl groups is 1. The van der Waals surface area contributed by atoms with Gasteiger partial charge in [-0.25, -0.2) is 0 Å². The number of aliphatic hydroxyl groups excluding tert-OH is 1. The number of rotatable bonds is 10. The molecule has 0 aromatic rings. The van der Waals surface area contributed by atoms with Gasteiger partial charge in [-0.1, -0.05) is 33.8 Å². The number of hydrogen-bond donors (Lipinski definition) is 1. The first-order valence-electron chi connectivity index (χ1n) is 6.31. The second-order valence-electron chi connectivity index (χ2n) is 4.10. The van der Waals surface area contributed by atoms with E-state index in [4.69, 9.17) is 0 Å². The molecule has 0 amide bonds. The summed E-state index contributed by atoms with van der Waals surface area (Å²) in [5.41, 5.74) is 0. The Morgan fingerprint density at radius 2 is 2.12 bits per heavy atom. The van der Waals surface area contributed by atoms with Crippen LogP contribution in [0, 0.1) is 0 Å². The van der Waals surface area contributed by atoms with Crippen molar-refractivity contribution in [3.8, 4) is 0 Å². The molecule has 0 fully saturated rings. The Morgan fingerprint density at radius 3 is 2.62 bits per heavy atom. The highest BCUT2D eigenvalue weighted by Gasteiger charge is 2.11. The second kappa shape index (κ2) is 10.2. The molecule has 0 saturated heterocycles. The Labute approximate surface area is 105 Å². The van der Waals surface area contributed by atoms with Crippen molar-refractivity contribution in [2.75, 3.05) is 18.8 Å². The zero-order valence-electron chi connectivity index (χ0n) is 11.0. The van der Waals surface area contributed by atoms with E-state index >= 15 is 0 Å². The molecule has 0 rings (SSSR count). The summed E-state index contributed by atoms with van der Waals surface area (Å²) in [7, 11) is 0. The van der Waals surface area contributed by atoms with Gasteiger partial charge in [0.2, 0.25) is 0 Å². The summed E-state index contributed by atoms with van der Waals surface area (Å²) in [5, 5.41) is 10.3. The molecule has 2 atom stereocenters. The topological polar surface area (TPSA) is 23.5 Å². The molecule has 16 heavy (non-hydrogen) atoms. The third-order valence-corrected chi connectivity index (χ3v) is 4.04. The second-order valence-corrected chi connectivity index (χ2v) is 5.65. The lowest BCUT2D eigenvalue weighted by molar-refractivity contribution is 0.0454. The standard InChI is InChI=1S/C13H27NOS/c1-5-8-11-16-12(4)9-10-14(7-3)13(15)6-2/h6,12-13,15H,2,5,7-11H2,1,3-4H3. The number of unbranched alkanes of at least 4 members (excludes halogenated alkanes) is 1.